The minimum Gasteiger partial charge on any atom is -0.466 e. The van der Waals surface area contributed by atoms with Crippen molar-refractivity contribution in [3.05, 3.63) is 24.3 Å². The Bertz CT molecular complexity index is 569. The van der Waals surface area contributed by atoms with E-state index < -0.39 is 21.7 Å². The number of esters is 1. The van der Waals surface area contributed by atoms with Crippen molar-refractivity contribution in [2.75, 3.05) is 12.4 Å². The summed E-state index contributed by atoms with van der Waals surface area (Å²) in [6.07, 6.45) is 0. The predicted molar refractivity (Wildman–Crippen MR) is 60.8 cm³/mol. The molecule has 92 valence electrons. The Morgan fingerprint density at radius 3 is 2.65 bits per heavy atom. The second-order valence-corrected chi connectivity index (χ2v) is 5.49. The summed E-state index contributed by atoms with van der Waals surface area (Å²) in [6, 6.07) is 6.35. The van der Waals surface area contributed by atoms with Crippen LogP contribution in [0.2, 0.25) is 0 Å². The SMILES string of the molecule is COC(=O)C1(C)Nc2ccccc2S(=O)(=O)N1. The van der Waals surface area contributed by atoms with Gasteiger partial charge in [-0.25, -0.2) is 13.2 Å². The third-order valence-electron chi connectivity index (χ3n) is 2.49. The number of benzene rings is 1. The fourth-order valence-corrected chi connectivity index (χ4v) is 3.17. The van der Waals surface area contributed by atoms with Gasteiger partial charge in [0.25, 0.3) is 0 Å². The van der Waals surface area contributed by atoms with Gasteiger partial charge in [-0.2, -0.15) is 4.72 Å². The van der Waals surface area contributed by atoms with Crippen molar-refractivity contribution in [2.24, 2.45) is 0 Å². The molecule has 0 aromatic heterocycles. The largest absolute Gasteiger partial charge is 0.466 e. The standard InChI is InChI=1S/C10H12N2O4S/c1-10(9(13)16-2)11-7-5-3-4-6-8(7)17(14,15)12-10/h3-6,11-12H,1-2H3. The van der Waals surface area contributed by atoms with Gasteiger partial charge in [0.2, 0.25) is 10.0 Å². The van der Waals surface area contributed by atoms with Gasteiger partial charge < -0.3 is 10.1 Å². The van der Waals surface area contributed by atoms with Gasteiger partial charge >= 0.3 is 5.97 Å². The first-order valence-corrected chi connectivity index (χ1v) is 6.37. The zero-order valence-corrected chi connectivity index (χ0v) is 10.2. The number of nitrogens with one attached hydrogen (secondary N) is 2. The topological polar surface area (TPSA) is 84.5 Å². The summed E-state index contributed by atoms with van der Waals surface area (Å²) in [6.45, 7) is 1.41. The summed E-state index contributed by atoms with van der Waals surface area (Å²) < 4.78 is 30.7. The van der Waals surface area contributed by atoms with Crippen LogP contribution in [0.4, 0.5) is 5.69 Å². The molecule has 0 bridgehead atoms. The van der Waals surface area contributed by atoms with Crippen LogP contribution in [0, 0.1) is 0 Å². The molecular weight excluding hydrogens is 244 g/mol. The molecule has 0 amide bonds. The van der Waals surface area contributed by atoms with Crippen LogP contribution < -0.4 is 10.0 Å². The van der Waals surface area contributed by atoms with Gasteiger partial charge in [-0.3, -0.25) is 0 Å². The van der Waals surface area contributed by atoms with Crippen LogP contribution in [0.1, 0.15) is 6.92 Å². The van der Waals surface area contributed by atoms with E-state index in [1.165, 1.54) is 20.1 Å². The number of carbonyl (C=O) groups excluding carboxylic acids is 1. The van der Waals surface area contributed by atoms with Crippen molar-refractivity contribution in [2.45, 2.75) is 17.5 Å². The van der Waals surface area contributed by atoms with Crippen LogP contribution in [0.3, 0.4) is 0 Å². The van der Waals surface area contributed by atoms with Crippen molar-refractivity contribution >= 4 is 21.7 Å². The fourth-order valence-electron chi connectivity index (χ4n) is 1.72. The van der Waals surface area contributed by atoms with E-state index in [1.54, 1.807) is 18.2 Å². The molecule has 1 aliphatic heterocycles. The molecule has 2 rings (SSSR count). The molecular formula is C10H12N2O4S. The van der Waals surface area contributed by atoms with Crippen LogP contribution in [0.15, 0.2) is 29.2 Å². The average molecular weight is 256 g/mol. The smallest absolute Gasteiger partial charge is 0.347 e. The summed E-state index contributed by atoms with van der Waals surface area (Å²) in [5.41, 5.74) is -1.11. The molecule has 2 N–H and O–H groups in total. The molecule has 0 aliphatic carbocycles. The van der Waals surface area contributed by atoms with Crippen molar-refractivity contribution < 1.29 is 17.9 Å². The second-order valence-electron chi connectivity index (χ2n) is 3.84. The molecule has 6 nitrogen and oxygen atoms in total. The first-order valence-electron chi connectivity index (χ1n) is 4.89. The molecule has 0 saturated carbocycles. The molecule has 1 aromatic rings. The number of anilines is 1. The van der Waals surface area contributed by atoms with E-state index in [9.17, 15) is 13.2 Å². The predicted octanol–water partition coefficient (Wildman–Crippen LogP) is 0.280. The number of methoxy groups -OCH3 is 1. The van der Waals surface area contributed by atoms with Gasteiger partial charge in [-0.05, 0) is 19.1 Å². The molecule has 1 heterocycles. The first-order chi connectivity index (χ1) is 7.89. The van der Waals surface area contributed by atoms with E-state index in [4.69, 9.17) is 0 Å². The number of carbonyl (C=O) groups is 1. The highest BCUT2D eigenvalue weighted by molar-refractivity contribution is 7.89. The van der Waals surface area contributed by atoms with E-state index in [1.807, 2.05) is 0 Å². The van der Waals surface area contributed by atoms with Crippen LogP contribution in [-0.2, 0) is 19.6 Å². The molecule has 17 heavy (non-hydrogen) atoms. The van der Waals surface area contributed by atoms with Gasteiger partial charge in [0.05, 0.1) is 12.8 Å². The monoisotopic (exact) mass is 256 g/mol. The minimum atomic E-state index is -3.72. The Labute approximate surface area is 99.0 Å². The van der Waals surface area contributed by atoms with Crippen molar-refractivity contribution in [3.63, 3.8) is 0 Å². The van der Waals surface area contributed by atoms with Crippen LogP contribution >= 0.6 is 0 Å². The molecule has 1 aromatic carbocycles. The maximum Gasteiger partial charge on any atom is 0.347 e. The Morgan fingerprint density at radius 1 is 1.35 bits per heavy atom. The van der Waals surface area contributed by atoms with Crippen LogP contribution in [-0.4, -0.2) is 27.2 Å². The molecule has 1 aliphatic rings. The normalized spacial score (nSPS) is 25.5. The van der Waals surface area contributed by atoms with Gasteiger partial charge in [0, 0.05) is 0 Å². The third-order valence-corrected chi connectivity index (χ3v) is 4.11. The number of hydrogen-bond acceptors (Lipinski definition) is 5. The number of hydrogen-bond donors (Lipinski definition) is 2. The lowest BCUT2D eigenvalue weighted by atomic mass is 10.2. The number of fused-ring (bicyclic) bond motifs is 1. The molecule has 0 radical (unpaired) electrons. The van der Waals surface area contributed by atoms with Crippen LogP contribution in [0.5, 0.6) is 0 Å². The third kappa shape index (κ3) is 1.87. The number of sulfonamides is 1. The van der Waals surface area contributed by atoms with Crippen molar-refractivity contribution in [1.82, 2.24) is 4.72 Å². The zero-order valence-electron chi connectivity index (χ0n) is 9.35. The van der Waals surface area contributed by atoms with E-state index >= 15 is 0 Å². The summed E-state index contributed by atoms with van der Waals surface area (Å²) in [4.78, 5) is 11.7. The van der Waals surface area contributed by atoms with Gasteiger partial charge in [-0.1, -0.05) is 12.1 Å². The maximum atomic E-state index is 12.0. The molecule has 0 saturated heterocycles. The Morgan fingerprint density at radius 2 is 2.00 bits per heavy atom. The van der Waals surface area contributed by atoms with E-state index in [0.717, 1.165) is 0 Å². The van der Waals surface area contributed by atoms with Crippen molar-refractivity contribution in [3.8, 4) is 0 Å². The highest BCUT2D eigenvalue weighted by Gasteiger charge is 2.43. The second kappa shape index (κ2) is 3.71. The van der Waals surface area contributed by atoms with Crippen molar-refractivity contribution in [1.29, 1.82) is 0 Å². The Balaban J connectivity index is 2.55. The molecule has 7 heteroatoms. The van der Waals surface area contributed by atoms with Gasteiger partial charge in [0.1, 0.15) is 4.90 Å². The fraction of sp³-hybridized carbons (Fsp3) is 0.300. The Hall–Kier alpha value is -1.60. The van der Waals surface area contributed by atoms with Crippen LogP contribution in [0.25, 0.3) is 0 Å². The van der Waals surface area contributed by atoms with E-state index in [2.05, 4.69) is 14.8 Å². The number of para-hydroxylation sites is 1. The lowest BCUT2D eigenvalue weighted by Crippen LogP contribution is -2.60. The zero-order chi connectivity index (χ0) is 12.7. The lowest BCUT2D eigenvalue weighted by molar-refractivity contribution is -0.145. The van der Waals surface area contributed by atoms with E-state index in [0.29, 0.717) is 5.69 Å². The number of ether oxygens (including phenoxy) is 1. The minimum absolute atomic E-state index is 0.112. The summed E-state index contributed by atoms with van der Waals surface area (Å²) in [5, 5.41) is 2.81. The first kappa shape index (κ1) is 11.9. The highest BCUT2D eigenvalue weighted by atomic mass is 32.2. The summed E-state index contributed by atoms with van der Waals surface area (Å²) in [7, 11) is -2.52. The number of rotatable bonds is 1. The summed E-state index contributed by atoms with van der Waals surface area (Å²) in [5.74, 6) is -0.699. The van der Waals surface area contributed by atoms with Gasteiger partial charge in [-0.15, -0.1) is 0 Å². The highest BCUT2D eigenvalue weighted by Crippen LogP contribution is 2.29. The molecule has 1 atom stereocenters. The molecule has 0 spiro atoms. The summed E-state index contributed by atoms with van der Waals surface area (Å²) >= 11 is 0. The lowest BCUT2D eigenvalue weighted by Gasteiger charge is -2.34. The Kier molecular flexibility index (Phi) is 2.59. The molecule has 1 unspecified atom stereocenters. The molecule has 0 fully saturated rings. The quantitative estimate of drug-likeness (QED) is 0.705. The maximum absolute atomic E-state index is 12.0. The average Bonchev–Trinajstić information content (AvgIpc) is 2.26. The van der Waals surface area contributed by atoms with Gasteiger partial charge in [0.15, 0.2) is 5.66 Å². The van der Waals surface area contributed by atoms with E-state index in [-0.39, 0.29) is 4.90 Å².